The van der Waals surface area contributed by atoms with E-state index in [9.17, 15) is 0 Å². The fourth-order valence-electron chi connectivity index (χ4n) is 2.95. The smallest absolute Gasteiger partial charge is 0.138 e. The lowest BCUT2D eigenvalue weighted by atomic mass is 9.97. The number of piperidine rings is 1. The maximum absolute atomic E-state index is 4.37. The SMILES string of the molecule is CCN(CC1CCNCC1)c1cccc2nccn12. The van der Waals surface area contributed by atoms with Crippen LogP contribution in [0.2, 0.25) is 0 Å². The second-order valence-corrected chi connectivity index (χ2v) is 5.27. The fraction of sp³-hybridized carbons (Fsp3) is 0.533. The Morgan fingerprint density at radius 2 is 2.21 bits per heavy atom. The minimum Gasteiger partial charge on any atom is -0.358 e. The summed E-state index contributed by atoms with van der Waals surface area (Å²) in [4.78, 5) is 6.85. The molecule has 1 saturated heterocycles. The van der Waals surface area contributed by atoms with Gasteiger partial charge in [-0.25, -0.2) is 4.98 Å². The minimum absolute atomic E-state index is 0.806. The van der Waals surface area contributed by atoms with Crippen LogP contribution in [0.25, 0.3) is 5.65 Å². The highest BCUT2D eigenvalue weighted by Gasteiger charge is 2.17. The summed E-state index contributed by atoms with van der Waals surface area (Å²) in [7, 11) is 0. The van der Waals surface area contributed by atoms with E-state index in [-0.39, 0.29) is 0 Å². The molecule has 4 nitrogen and oxygen atoms in total. The van der Waals surface area contributed by atoms with Crippen LogP contribution in [0.15, 0.2) is 30.6 Å². The number of imidazole rings is 1. The molecule has 0 saturated carbocycles. The van der Waals surface area contributed by atoms with Crippen LogP contribution in [0.5, 0.6) is 0 Å². The molecule has 3 heterocycles. The van der Waals surface area contributed by atoms with E-state index in [4.69, 9.17) is 0 Å². The van der Waals surface area contributed by atoms with Crippen molar-refractivity contribution in [3.05, 3.63) is 30.6 Å². The van der Waals surface area contributed by atoms with E-state index < -0.39 is 0 Å². The van der Waals surface area contributed by atoms with Gasteiger partial charge in [0.2, 0.25) is 0 Å². The fourth-order valence-corrected chi connectivity index (χ4v) is 2.95. The first-order chi connectivity index (χ1) is 9.38. The molecule has 2 aromatic heterocycles. The lowest BCUT2D eigenvalue weighted by Gasteiger charge is -2.31. The van der Waals surface area contributed by atoms with Crippen molar-refractivity contribution in [3.63, 3.8) is 0 Å². The van der Waals surface area contributed by atoms with Crippen molar-refractivity contribution < 1.29 is 0 Å². The van der Waals surface area contributed by atoms with Crippen molar-refractivity contribution in [2.24, 2.45) is 5.92 Å². The predicted octanol–water partition coefficient (Wildman–Crippen LogP) is 2.16. The molecule has 1 aliphatic rings. The average Bonchev–Trinajstić information content (AvgIpc) is 2.94. The van der Waals surface area contributed by atoms with Crippen molar-refractivity contribution in [1.29, 1.82) is 0 Å². The third-order valence-corrected chi connectivity index (χ3v) is 4.05. The van der Waals surface area contributed by atoms with Gasteiger partial charge in [-0.2, -0.15) is 0 Å². The van der Waals surface area contributed by atoms with E-state index in [1.165, 1.54) is 18.7 Å². The van der Waals surface area contributed by atoms with Crippen LogP contribution in [-0.2, 0) is 0 Å². The van der Waals surface area contributed by atoms with Crippen molar-refractivity contribution >= 4 is 11.5 Å². The van der Waals surface area contributed by atoms with Gasteiger partial charge in [0.15, 0.2) is 0 Å². The summed E-state index contributed by atoms with van der Waals surface area (Å²) in [5.74, 6) is 2.07. The highest BCUT2D eigenvalue weighted by atomic mass is 15.2. The Labute approximate surface area is 114 Å². The van der Waals surface area contributed by atoms with Crippen molar-refractivity contribution in [1.82, 2.24) is 14.7 Å². The number of anilines is 1. The Bertz CT molecular complexity index is 528. The Kier molecular flexibility index (Phi) is 3.69. The molecule has 0 spiro atoms. The summed E-state index contributed by atoms with van der Waals surface area (Å²) in [6.07, 6.45) is 6.50. The number of nitrogens with zero attached hydrogens (tertiary/aromatic N) is 3. The lowest BCUT2D eigenvalue weighted by molar-refractivity contribution is 0.374. The average molecular weight is 258 g/mol. The van der Waals surface area contributed by atoms with E-state index in [1.54, 1.807) is 0 Å². The zero-order valence-corrected chi connectivity index (χ0v) is 11.5. The number of fused-ring (bicyclic) bond motifs is 1. The van der Waals surface area contributed by atoms with Crippen LogP contribution in [0, 0.1) is 5.92 Å². The number of hydrogen-bond acceptors (Lipinski definition) is 3. The third kappa shape index (κ3) is 2.59. The molecule has 0 bridgehead atoms. The van der Waals surface area contributed by atoms with E-state index in [1.807, 2.05) is 6.20 Å². The van der Waals surface area contributed by atoms with Crippen LogP contribution < -0.4 is 10.2 Å². The normalized spacial score (nSPS) is 16.9. The lowest BCUT2D eigenvalue weighted by Crippen LogP contribution is -2.36. The molecule has 0 amide bonds. The van der Waals surface area contributed by atoms with E-state index in [0.717, 1.165) is 37.7 Å². The Morgan fingerprint density at radius 1 is 1.37 bits per heavy atom. The molecule has 4 heteroatoms. The maximum Gasteiger partial charge on any atom is 0.138 e. The van der Waals surface area contributed by atoms with Gasteiger partial charge in [-0.05, 0) is 50.9 Å². The van der Waals surface area contributed by atoms with E-state index >= 15 is 0 Å². The first kappa shape index (κ1) is 12.5. The number of nitrogens with one attached hydrogen (secondary N) is 1. The van der Waals surface area contributed by atoms with Crippen LogP contribution in [0.3, 0.4) is 0 Å². The van der Waals surface area contributed by atoms with Gasteiger partial charge in [0, 0.05) is 25.5 Å². The van der Waals surface area contributed by atoms with E-state index in [2.05, 4.69) is 50.9 Å². The molecule has 0 atom stereocenters. The molecule has 102 valence electrons. The third-order valence-electron chi connectivity index (χ3n) is 4.05. The minimum atomic E-state index is 0.806. The second kappa shape index (κ2) is 5.61. The van der Waals surface area contributed by atoms with Gasteiger partial charge in [0.05, 0.1) is 0 Å². The molecule has 0 aliphatic carbocycles. The zero-order chi connectivity index (χ0) is 13.1. The van der Waals surface area contributed by atoms with Crippen LogP contribution in [-0.4, -0.2) is 35.6 Å². The monoisotopic (exact) mass is 258 g/mol. The summed E-state index contributed by atoms with van der Waals surface area (Å²) in [6, 6.07) is 6.35. The molecule has 0 unspecified atom stereocenters. The molecule has 0 radical (unpaired) electrons. The van der Waals surface area contributed by atoms with Crippen LogP contribution >= 0.6 is 0 Å². The van der Waals surface area contributed by atoms with Crippen molar-refractivity contribution in [3.8, 4) is 0 Å². The summed E-state index contributed by atoms with van der Waals surface area (Å²) in [6.45, 7) is 6.75. The van der Waals surface area contributed by atoms with Gasteiger partial charge >= 0.3 is 0 Å². The summed E-state index contributed by atoms with van der Waals surface area (Å²) in [5.41, 5.74) is 1.03. The van der Waals surface area contributed by atoms with Crippen molar-refractivity contribution in [2.75, 3.05) is 31.1 Å². The van der Waals surface area contributed by atoms with Gasteiger partial charge in [-0.15, -0.1) is 0 Å². The van der Waals surface area contributed by atoms with Crippen LogP contribution in [0.1, 0.15) is 19.8 Å². The number of pyridine rings is 1. The summed E-state index contributed by atoms with van der Waals surface area (Å²) < 4.78 is 2.19. The van der Waals surface area contributed by atoms with Gasteiger partial charge in [0.1, 0.15) is 11.5 Å². The molecule has 0 aromatic carbocycles. The van der Waals surface area contributed by atoms with Gasteiger partial charge in [0.25, 0.3) is 0 Å². The standard InChI is InChI=1S/C15H22N4/c1-2-18(12-13-6-8-16-9-7-13)15-5-3-4-14-17-10-11-19(14)15/h3-5,10-11,13,16H,2,6-9,12H2,1H3. The summed E-state index contributed by atoms with van der Waals surface area (Å²) >= 11 is 0. The summed E-state index contributed by atoms with van der Waals surface area (Å²) in [5, 5.41) is 3.44. The second-order valence-electron chi connectivity index (χ2n) is 5.27. The Hall–Kier alpha value is -1.55. The maximum atomic E-state index is 4.37. The zero-order valence-electron chi connectivity index (χ0n) is 11.5. The van der Waals surface area contributed by atoms with Gasteiger partial charge < -0.3 is 10.2 Å². The molecular formula is C15H22N4. The van der Waals surface area contributed by atoms with Crippen LogP contribution in [0.4, 0.5) is 5.82 Å². The first-order valence-corrected chi connectivity index (χ1v) is 7.26. The number of aromatic nitrogens is 2. The molecular weight excluding hydrogens is 236 g/mol. The van der Waals surface area contributed by atoms with Gasteiger partial charge in [-0.3, -0.25) is 4.40 Å². The van der Waals surface area contributed by atoms with E-state index in [0.29, 0.717) is 0 Å². The largest absolute Gasteiger partial charge is 0.358 e. The van der Waals surface area contributed by atoms with Gasteiger partial charge in [-0.1, -0.05) is 6.07 Å². The molecule has 19 heavy (non-hydrogen) atoms. The number of hydrogen-bond donors (Lipinski definition) is 1. The first-order valence-electron chi connectivity index (χ1n) is 7.26. The molecule has 1 N–H and O–H groups in total. The quantitative estimate of drug-likeness (QED) is 0.912. The highest BCUT2D eigenvalue weighted by Crippen LogP contribution is 2.20. The topological polar surface area (TPSA) is 32.6 Å². The molecule has 1 fully saturated rings. The molecule has 2 aromatic rings. The molecule has 3 rings (SSSR count). The van der Waals surface area contributed by atoms with Crippen molar-refractivity contribution in [2.45, 2.75) is 19.8 Å². The molecule has 1 aliphatic heterocycles. The Balaban J connectivity index is 1.82. The Morgan fingerprint density at radius 3 is 3.00 bits per heavy atom. The number of rotatable bonds is 4. The highest BCUT2D eigenvalue weighted by molar-refractivity contribution is 5.51. The predicted molar refractivity (Wildman–Crippen MR) is 78.7 cm³/mol.